The molecule has 0 atom stereocenters. The van der Waals surface area contributed by atoms with Crippen LogP contribution in [0.5, 0.6) is 0 Å². The Balaban J connectivity index is 3.19. The average molecular weight is 294 g/mol. The lowest BCUT2D eigenvalue weighted by atomic mass is 9.99. The van der Waals surface area contributed by atoms with Crippen LogP contribution in [0.3, 0.4) is 0 Å². The molecule has 21 heavy (non-hydrogen) atoms. The number of aryl methyl sites for hydroxylation is 2. The number of rotatable bonds is 6. The molecule has 0 fully saturated rings. The van der Waals surface area contributed by atoms with E-state index in [4.69, 9.17) is 13.9 Å². The Morgan fingerprint density at radius 2 is 1.76 bits per heavy atom. The van der Waals surface area contributed by atoms with E-state index in [1.165, 1.54) is 0 Å². The van der Waals surface area contributed by atoms with Crippen LogP contribution in [-0.4, -0.2) is 25.2 Å². The molecule has 0 saturated carbocycles. The van der Waals surface area contributed by atoms with E-state index < -0.39 is 11.9 Å². The van der Waals surface area contributed by atoms with Crippen LogP contribution in [0.1, 0.15) is 44.3 Å². The number of allylic oxidation sites excluding steroid dienone is 1. The molecule has 5 heteroatoms. The highest BCUT2D eigenvalue weighted by atomic mass is 16.5. The molecule has 0 aromatic carbocycles. The molecule has 0 spiro atoms. The average Bonchev–Trinajstić information content (AvgIpc) is 2.75. The van der Waals surface area contributed by atoms with Gasteiger partial charge in [0.1, 0.15) is 11.5 Å². The minimum Gasteiger partial charge on any atom is -0.466 e. The van der Waals surface area contributed by atoms with E-state index >= 15 is 0 Å². The first-order valence-corrected chi connectivity index (χ1v) is 7.00. The smallest absolute Gasteiger partial charge is 0.334 e. The zero-order chi connectivity index (χ0) is 16.0. The zero-order valence-electron chi connectivity index (χ0n) is 13.2. The van der Waals surface area contributed by atoms with Crippen LogP contribution >= 0.6 is 0 Å². The number of carbonyl (C=O) groups excluding carboxylic acids is 2. The first-order chi connectivity index (χ1) is 9.90. The quantitative estimate of drug-likeness (QED) is 0.595. The van der Waals surface area contributed by atoms with Crippen molar-refractivity contribution in [3.63, 3.8) is 0 Å². The van der Waals surface area contributed by atoms with Crippen LogP contribution < -0.4 is 0 Å². The SMILES string of the molecule is CCOC(=O)C/C(C(=O)OCC)=C(\C)c1cc(C)oc1C. The predicted molar refractivity (Wildman–Crippen MR) is 78.7 cm³/mol. The lowest BCUT2D eigenvalue weighted by Gasteiger charge is -2.11. The van der Waals surface area contributed by atoms with Crippen molar-refractivity contribution in [3.05, 3.63) is 28.7 Å². The van der Waals surface area contributed by atoms with Gasteiger partial charge >= 0.3 is 11.9 Å². The molecule has 0 amide bonds. The van der Waals surface area contributed by atoms with Gasteiger partial charge in [-0.05, 0) is 46.3 Å². The number of hydrogen-bond donors (Lipinski definition) is 0. The maximum absolute atomic E-state index is 12.1. The molecule has 0 bridgehead atoms. The standard InChI is InChI=1S/C16H22O5/c1-6-19-15(17)9-14(16(18)20-7-2)11(4)13-8-10(3)21-12(13)5/h8H,6-7,9H2,1-5H3/b14-11-. The molecule has 0 saturated heterocycles. The molecule has 1 rings (SSSR count). The summed E-state index contributed by atoms with van der Waals surface area (Å²) in [5, 5.41) is 0. The summed E-state index contributed by atoms with van der Waals surface area (Å²) in [6.07, 6.45) is -0.109. The van der Waals surface area contributed by atoms with E-state index in [1.807, 2.05) is 19.9 Å². The van der Waals surface area contributed by atoms with Gasteiger partial charge in [0, 0.05) is 5.56 Å². The molecule has 0 aliphatic rings. The lowest BCUT2D eigenvalue weighted by molar-refractivity contribution is -0.145. The zero-order valence-corrected chi connectivity index (χ0v) is 13.2. The molecule has 1 heterocycles. The normalized spacial score (nSPS) is 11.9. The lowest BCUT2D eigenvalue weighted by Crippen LogP contribution is -2.15. The fourth-order valence-corrected chi connectivity index (χ4v) is 2.10. The van der Waals surface area contributed by atoms with Gasteiger partial charge in [-0.2, -0.15) is 0 Å². The fourth-order valence-electron chi connectivity index (χ4n) is 2.10. The minimum atomic E-state index is -0.499. The van der Waals surface area contributed by atoms with E-state index in [0.29, 0.717) is 16.9 Å². The highest BCUT2D eigenvalue weighted by molar-refractivity contribution is 6.01. The summed E-state index contributed by atoms with van der Waals surface area (Å²) in [6.45, 7) is 9.41. The van der Waals surface area contributed by atoms with Crippen molar-refractivity contribution in [2.24, 2.45) is 0 Å². The molecular weight excluding hydrogens is 272 g/mol. The molecule has 0 aliphatic heterocycles. The number of esters is 2. The van der Waals surface area contributed by atoms with E-state index in [-0.39, 0.29) is 19.6 Å². The van der Waals surface area contributed by atoms with Gasteiger partial charge in [0.2, 0.25) is 0 Å². The third-order valence-electron chi connectivity index (χ3n) is 3.05. The maximum atomic E-state index is 12.1. The van der Waals surface area contributed by atoms with Gasteiger partial charge in [0.05, 0.1) is 25.2 Å². The second-order valence-corrected chi connectivity index (χ2v) is 4.63. The summed E-state index contributed by atoms with van der Waals surface area (Å²) in [7, 11) is 0. The molecule has 1 aromatic heterocycles. The van der Waals surface area contributed by atoms with Crippen molar-refractivity contribution in [3.8, 4) is 0 Å². The third kappa shape index (κ3) is 4.48. The van der Waals surface area contributed by atoms with Crippen molar-refractivity contribution in [2.75, 3.05) is 13.2 Å². The van der Waals surface area contributed by atoms with Crippen molar-refractivity contribution >= 4 is 17.5 Å². The number of furan rings is 1. The summed E-state index contributed by atoms with van der Waals surface area (Å²) < 4.78 is 15.4. The summed E-state index contributed by atoms with van der Waals surface area (Å²) in [5.41, 5.74) is 1.79. The van der Waals surface area contributed by atoms with E-state index in [2.05, 4.69) is 0 Å². The van der Waals surface area contributed by atoms with Gasteiger partial charge in [0.15, 0.2) is 0 Å². The van der Waals surface area contributed by atoms with Crippen molar-refractivity contribution in [2.45, 2.75) is 41.0 Å². The number of carbonyl (C=O) groups is 2. The van der Waals surface area contributed by atoms with Gasteiger partial charge < -0.3 is 13.9 Å². The molecule has 0 N–H and O–H groups in total. The van der Waals surface area contributed by atoms with Crippen molar-refractivity contribution in [1.29, 1.82) is 0 Å². The van der Waals surface area contributed by atoms with Gasteiger partial charge in [-0.3, -0.25) is 4.79 Å². The van der Waals surface area contributed by atoms with Crippen molar-refractivity contribution < 1.29 is 23.5 Å². The Labute approximate surface area is 124 Å². The molecule has 0 unspecified atom stereocenters. The largest absolute Gasteiger partial charge is 0.466 e. The monoisotopic (exact) mass is 294 g/mol. The van der Waals surface area contributed by atoms with Crippen LogP contribution in [0.15, 0.2) is 16.1 Å². The first-order valence-electron chi connectivity index (χ1n) is 7.00. The van der Waals surface area contributed by atoms with Crippen LogP contribution in [0.25, 0.3) is 5.57 Å². The molecule has 116 valence electrons. The highest BCUT2D eigenvalue weighted by Crippen LogP contribution is 2.27. The summed E-state index contributed by atoms with van der Waals surface area (Å²) in [5.74, 6) is 0.510. The van der Waals surface area contributed by atoms with Gasteiger partial charge in [-0.25, -0.2) is 4.79 Å². The topological polar surface area (TPSA) is 65.7 Å². The van der Waals surface area contributed by atoms with Crippen LogP contribution in [0.2, 0.25) is 0 Å². The Morgan fingerprint density at radius 1 is 1.14 bits per heavy atom. The maximum Gasteiger partial charge on any atom is 0.334 e. The van der Waals surface area contributed by atoms with E-state index in [1.54, 1.807) is 20.8 Å². The molecule has 0 aliphatic carbocycles. The van der Waals surface area contributed by atoms with Gasteiger partial charge in [-0.1, -0.05) is 0 Å². The Hall–Kier alpha value is -2.04. The first kappa shape index (κ1) is 17.0. The van der Waals surface area contributed by atoms with Gasteiger partial charge in [0.25, 0.3) is 0 Å². The fraction of sp³-hybridized carbons (Fsp3) is 0.500. The summed E-state index contributed by atoms with van der Waals surface area (Å²) in [6, 6.07) is 1.84. The van der Waals surface area contributed by atoms with Crippen LogP contribution in [-0.2, 0) is 19.1 Å². The summed E-state index contributed by atoms with van der Waals surface area (Å²) >= 11 is 0. The number of ether oxygens (including phenoxy) is 2. The van der Waals surface area contributed by atoms with E-state index in [0.717, 1.165) is 11.3 Å². The van der Waals surface area contributed by atoms with Crippen LogP contribution in [0.4, 0.5) is 0 Å². The Morgan fingerprint density at radius 3 is 2.24 bits per heavy atom. The highest BCUT2D eigenvalue weighted by Gasteiger charge is 2.21. The minimum absolute atomic E-state index is 0.109. The molecule has 5 nitrogen and oxygen atoms in total. The molecule has 0 radical (unpaired) electrons. The van der Waals surface area contributed by atoms with Gasteiger partial charge in [-0.15, -0.1) is 0 Å². The Bertz CT molecular complexity index is 551. The number of hydrogen-bond acceptors (Lipinski definition) is 5. The molecule has 1 aromatic rings. The second-order valence-electron chi connectivity index (χ2n) is 4.63. The van der Waals surface area contributed by atoms with Crippen LogP contribution in [0, 0.1) is 13.8 Å². The van der Waals surface area contributed by atoms with E-state index in [9.17, 15) is 9.59 Å². The molecular formula is C16H22O5. The second kappa shape index (κ2) is 7.67. The summed E-state index contributed by atoms with van der Waals surface area (Å²) in [4.78, 5) is 23.8. The predicted octanol–water partition coefficient (Wildman–Crippen LogP) is 3.19. The Kier molecular flexibility index (Phi) is 6.21. The third-order valence-corrected chi connectivity index (χ3v) is 3.05. The van der Waals surface area contributed by atoms with Crippen molar-refractivity contribution in [1.82, 2.24) is 0 Å².